The van der Waals surface area contributed by atoms with Crippen molar-refractivity contribution in [2.24, 2.45) is 7.05 Å². The van der Waals surface area contributed by atoms with Crippen molar-refractivity contribution in [1.82, 2.24) is 29.7 Å². The number of halogens is 3. The largest absolute Gasteiger partial charge is 0.420 e. The summed E-state index contributed by atoms with van der Waals surface area (Å²) in [6.07, 6.45) is -2.80. The highest BCUT2D eigenvalue weighted by Gasteiger charge is 2.34. The molecule has 25 heavy (non-hydrogen) atoms. The number of rotatable bonds is 4. The number of alkyl halides is 3. The monoisotopic (exact) mass is 352 g/mol. The van der Waals surface area contributed by atoms with E-state index in [1.807, 2.05) is 6.92 Å². The normalized spacial score (nSPS) is 11.9. The molecule has 3 heterocycles. The average molecular weight is 352 g/mol. The summed E-state index contributed by atoms with van der Waals surface area (Å²) in [5.41, 5.74) is 0.0252. The Morgan fingerprint density at radius 3 is 2.72 bits per heavy atom. The van der Waals surface area contributed by atoms with Gasteiger partial charge in [-0.2, -0.15) is 18.3 Å². The third kappa shape index (κ3) is 3.32. The number of hydrogen-bond acceptors (Lipinski definition) is 4. The molecule has 3 aromatic rings. The van der Waals surface area contributed by atoms with Crippen molar-refractivity contribution in [3.05, 3.63) is 47.2 Å². The van der Waals surface area contributed by atoms with Crippen molar-refractivity contribution >= 4 is 11.6 Å². The Morgan fingerprint density at radius 2 is 2.08 bits per heavy atom. The van der Waals surface area contributed by atoms with Crippen LogP contribution in [0.4, 0.5) is 13.2 Å². The van der Waals surface area contributed by atoms with Crippen LogP contribution in [0, 0.1) is 6.92 Å². The van der Waals surface area contributed by atoms with Crippen LogP contribution in [-0.2, 0) is 19.6 Å². The van der Waals surface area contributed by atoms with E-state index >= 15 is 0 Å². The number of pyridine rings is 1. The van der Waals surface area contributed by atoms with E-state index < -0.39 is 11.7 Å². The molecule has 0 saturated carbocycles. The van der Waals surface area contributed by atoms with E-state index in [-0.39, 0.29) is 30.2 Å². The lowest BCUT2D eigenvalue weighted by Crippen LogP contribution is -2.26. The summed E-state index contributed by atoms with van der Waals surface area (Å²) in [6.45, 7) is 2.02. The first-order valence-corrected chi connectivity index (χ1v) is 7.46. The molecule has 0 saturated heterocycles. The minimum Gasteiger partial charge on any atom is -0.350 e. The molecule has 0 fully saturated rings. The van der Waals surface area contributed by atoms with Gasteiger partial charge in [0.15, 0.2) is 5.65 Å². The van der Waals surface area contributed by atoms with E-state index in [0.717, 1.165) is 11.8 Å². The zero-order chi connectivity index (χ0) is 18.2. The predicted molar refractivity (Wildman–Crippen MR) is 82.0 cm³/mol. The molecule has 1 N–H and O–H groups in total. The highest BCUT2D eigenvalue weighted by molar-refractivity contribution is 5.92. The molecule has 7 nitrogen and oxygen atoms in total. The maximum absolute atomic E-state index is 13.0. The summed E-state index contributed by atoms with van der Waals surface area (Å²) in [5, 5.41) is 14.1. The van der Waals surface area contributed by atoms with Gasteiger partial charge in [-0.1, -0.05) is 0 Å². The Labute approximate surface area is 140 Å². The number of amides is 1. The van der Waals surface area contributed by atoms with Crippen molar-refractivity contribution < 1.29 is 18.0 Å². The summed E-state index contributed by atoms with van der Waals surface area (Å²) >= 11 is 0. The fourth-order valence-electron chi connectivity index (χ4n) is 2.41. The zero-order valence-corrected chi connectivity index (χ0v) is 13.5. The Morgan fingerprint density at radius 1 is 1.32 bits per heavy atom. The summed E-state index contributed by atoms with van der Waals surface area (Å²) < 4.78 is 41.7. The molecule has 0 aliphatic carbocycles. The lowest BCUT2D eigenvalue weighted by Gasteiger charge is -2.07. The second kappa shape index (κ2) is 6.19. The molecule has 0 radical (unpaired) electrons. The Bertz CT molecular complexity index is 908. The van der Waals surface area contributed by atoms with Crippen LogP contribution in [0.2, 0.25) is 0 Å². The van der Waals surface area contributed by atoms with Gasteiger partial charge in [-0.05, 0) is 25.1 Å². The van der Waals surface area contributed by atoms with Gasteiger partial charge in [-0.25, -0.2) is 0 Å². The third-order valence-electron chi connectivity index (χ3n) is 3.79. The predicted octanol–water partition coefficient (Wildman–Crippen LogP) is 1.76. The molecule has 0 aliphatic rings. The van der Waals surface area contributed by atoms with Gasteiger partial charge in [0.25, 0.3) is 5.91 Å². The average Bonchev–Trinajstić information content (AvgIpc) is 3.10. The van der Waals surface area contributed by atoms with Crippen LogP contribution < -0.4 is 5.32 Å². The van der Waals surface area contributed by atoms with Crippen molar-refractivity contribution in [2.45, 2.75) is 19.5 Å². The number of aryl methyl sites for hydroxylation is 2. The first-order chi connectivity index (χ1) is 11.8. The number of carbonyl (C=O) groups is 1. The van der Waals surface area contributed by atoms with Gasteiger partial charge < -0.3 is 5.32 Å². The molecular formula is C15H15F3N6O. The zero-order valence-electron chi connectivity index (χ0n) is 13.5. The van der Waals surface area contributed by atoms with Crippen molar-refractivity contribution in [3.8, 4) is 0 Å². The van der Waals surface area contributed by atoms with Crippen LogP contribution in [0.15, 0.2) is 24.4 Å². The molecule has 132 valence electrons. The van der Waals surface area contributed by atoms with Crippen LogP contribution in [0.3, 0.4) is 0 Å². The van der Waals surface area contributed by atoms with E-state index in [2.05, 4.69) is 20.6 Å². The molecule has 0 spiro atoms. The van der Waals surface area contributed by atoms with E-state index in [1.165, 1.54) is 16.7 Å². The van der Waals surface area contributed by atoms with E-state index in [4.69, 9.17) is 0 Å². The first kappa shape index (κ1) is 16.9. The third-order valence-corrected chi connectivity index (χ3v) is 3.79. The van der Waals surface area contributed by atoms with Gasteiger partial charge in [0.1, 0.15) is 17.1 Å². The number of nitrogens with zero attached hydrogens (tertiary/aromatic N) is 5. The van der Waals surface area contributed by atoms with Gasteiger partial charge in [-0.15, -0.1) is 10.2 Å². The highest BCUT2D eigenvalue weighted by atomic mass is 19.4. The quantitative estimate of drug-likeness (QED) is 0.776. The van der Waals surface area contributed by atoms with Crippen molar-refractivity contribution in [2.75, 3.05) is 6.54 Å². The number of aromatic nitrogens is 5. The lowest BCUT2D eigenvalue weighted by atomic mass is 10.2. The summed E-state index contributed by atoms with van der Waals surface area (Å²) in [7, 11) is 1.73. The van der Waals surface area contributed by atoms with E-state index in [9.17, 15) is 18.0 Å². The summed E-state index contributed by atoms with van der Waals surface area (Å²) in [4.78, 5) is 12.0. The molecule has 0 aromatic carbocycles. The molecule has 1 amide bonds. The molecule has 10 heteroatoms. The van der Waals surface area contributed by atoms with E-state index in [1.54, 1.807) is 17.8 Å². The second-order valence-electron chi connectivity index (χ2n) is 5.53. The van der Waals surface area contributed by atoms with Crippen LogP contribution >= 0.6 is 0 Å². The molecule has 0 aliphatic heterocycles. The number of carbonyl (C=O) groups excluding carboxylic acids is 1. The Balaban J connectivity index is 1.71. The standard InChI is InChI=1S/C15H15F3N6O/c1-9-8-11(22-23(9)2)14(25)19-6-5-12-20-21-13-10(15(16,17)18)4-3-7-24(12)13/h3-4,7-8H,5-6H2,1-2H3,(H,19,25). The second-order valence-corrected chi connectivity index (χ2v) is 5.53. The number of hydrogen-bond donors (Lipinski definition) is 1. The maximum Gasteiger partial charge on any atom is 0.420 e. The van der Waals surface area contributed by atoms with Gasteiger partial charge in [0.05, 0.1) is 0 Å². The van der Waals surface area contributed by atoms with Crippen molar-refractivity contribution in [3.63, 3.8) is 0 Å². The Hall–Kier alpha value is -2.91. The lowest BCUT2D eigenvalue weighted by molar-refractivity contribution is -0.136. The molecule has 3 rings (SSSR count). The molecule has 0 bridgehead atoms. The van der Waals surface area contributed by atoms with Crippen LogP contribution in [0.25, 0.3) is 5.65 Å². The Kier molecular flexibility index (Phi) is 4.19. The van der Waals surface area contributed by atoms with Crippen molar-refractivity contribution in [1.29, 1.82) is 0 Å². The van der Waals surface area contributed by atoms with Gasteiger partial charge >= 0.3 is 6.18 Å². The van der Waals surface area contributed by atoms with Gasteiger partial charge in [0, 0.05) is 31.9 Å². The topological polar surface area (TPSA) is 77.1 Å². The molecular weight excluding hydrogens is 337 g/mol. The molecule has 3 aromatic heterocycles. The summed E-state index contributed by atoms with van der Waals surface area (Å²) in [6, 6.07) is 3.90. The minimum absolute atomic E-state index is 0.200. The smallest absolute Gasteiger partial charge is 0.350 e. The highest BCUT2D eigenvalue weighted by Crippen LogP contribution is 2.31. The molecule has 0 atom stereocenters. The minimum atomic E-state index is -4.50. The van der Waals surface area contributed by atoms with Gasteiger partial charge in [-0.3, -0.25) is 13.9 Å². The fraction of sp³-hybridized carbons (Fsp3) is 0.333. The van der Waals surface area contributed by atoms with E-state index in [0.29, 0.717) is 5.82 Å². The van der Waals surface area contributed by atoms with Crippen LogP contribution in [0.1, 0.15) is 27.6 Å². The number of fused-ring (bicyclic) bond motifs is 1. The number of nitrogens with one attached hydrogen (secondary N) is 1. The summed E-state index contributed by atoms with van der Waals surface area (Å²) in [5.74, 6) is -0.0212. The van der Waals surface area contributed by atoms with Crippen LogP contribution in [0.5, 0.6) is 0 Å². The fourth-order valence-corrected chi connectivity index (χ4v) is 2.41. The van der Waals surface area contributed by atoms with Crippen LogP contribution in [-0.4, -0.2) is 36.8 Å². The molecule has 0 unspecified atom stereocenters. The maximum atomic E-state index is 13.0. The van der Waals surface area contributed by atoms with Gasteiger partial charge in [0.2, 0.25) is 0 Å². The SMILES string of the molecule is Cc1cc(C(=O)NCCc2nnc3c(C(F)(F)F)cccn23)nn1C. The first-order valence-electron chi connectivity index (χ1n) is 7.46.